The quantitative estimate of drug-likeness (QED) is 0.748. The molecule has 0 bridgehead atoms. The first kappa shape index (κ1) is 15.7. The molecular weight excluding hydrogens is 244 g/mol. The van der Waals surface area contributed by atoms with Gasteiger partial charge in [0.1, 0.15) is 18.2 Å². The van der Waals surface area contributed by atoms with Gasteiger partial charge in [0.05, 0.1) is 5.60 Å². The molecule has 0 saturated carbocycles. The van der Waals surface area contributed by atoms with E-state index in [1.54, 1.807) is 6.07 Å². The van der Waals surface area contributed by atoms with Crippen LogP contribution < -0.4 is 11.1 Å². The molecule has 0 fully saturated rings. The number of ether oxygens (including phenoxy) is 2. The molecule has 1 aromatic rings. The number of nitrogen functional groups attached to an aromatic ring is 1. The number of hydrogen-bond acceptors (Lipinski definition) is 6. The Morgan fingerprint density at radius 2 is 2.00 bits per heavy atom. The Hall–Kier alpha value is -1.40. The van der Waals surface area contributed by atoms with Crippen LogP contribution in [0.15, 0.2) is 6.07 Å². The highest BCUT2D eigenvalue weighted by atomic mass is 16.5. The van der Waals surface area contributed by atoms with Crippen LogP contribution in [-0.4, -0.2) is 35.3 Å². The molecule has 0 unspecified atom stereocenters. The van der Waals surface area contributed by atoms with E-state index in [0.717, 1.165) is 0 Å². The topological polar surface area (TPSA) is 82.3 Å². The van der Waals surface area contributed by atoms with Crippen molar-refractivity contribution in [3.63, 3.8) is 0 Å². The second-order valence-corrected chi connectivity index (χ2v) is 4.78. The highest BCUT2D eigenvalue weighted by Gasteiger charge is 2.17. The van der Waals surface area contributed by atoms with Crippen molar-refractivity contribution < 1.29 is 9.47 Å². The Kier molecular flexibility index (Phi) is 5.98. The predicted octanol–water partition coefficient (Wildman–Crippen LogP) is 1.82. The SMILES string of the molecule is CCOCc1nc(N)cc(NCC(C)(C)OCC)n1. The normalized spacial score (nSPS) is 11.6. The number of nitrogens with zero attached hydrogens (tertiary/aromatic N) is 2. The average molecular weight is 268 g/mol. The standard InChI is InChI=1S/C13H24N4O2/c1-5-18-8-12-16-10(14)7-11(17-12)15-9-13(3,4)19-6-2/h7H,5-6,8-9H2,1-4H3,(H3,14,15,16,17). The van der Waals surface area contributed by atoms with Gasteiger partial charge in [-0.3, -0.25) is 0 Å². The largest absolute Gasteiger partial charge is 0.384 e. The summed E-state index contributed by atoms with van der Waals surface area (Å²) < 4.78 is 10.9. The van der Waals surface area contributed by atoms with Crippen LogP contribution in [0.3, 0.4) is 0 Å². The Labute approximate surface area is 114 Å². The van der Waals surface area contributed by atoms with Crippen LogP contribution in [0.5, 0.6) is 0 Å². The van der Waals surface area contributed by atoms with E-state index in [-0.39, 0.29) is 5.60 Å². The Bertz CT molecular complexity index is 396. The maximum Gasteiger partial charge on any atom is 0.158 e. The second kappa shape index (κ2) is 7.25. The molecule has 1 aromatic heterocycles. The first-order valence-electron chi connectivity index (χ1n) is 6.56. The van der Waals surface area contributed by atoms with E-state index >= 15 is 0 Å². The minimum absolute atomic E-state index is 0.255. The summed E-state index contributed by atoms with van der Waals surface area (Å²) >= 11 is 0. The monoisotopic (exact) mass is 268 g/mol. The van der Waals surface area contributed by atoms with Crippen LogP contribution in [0.25, 0.3) is 0 Å². The van der Waals surface area contributed by atoms with Crippen molar-refractivity contribution in [2.75, 3.05) is 30.8 Å². The summed E-state index contributed by atoms with van der Waals surface area (Å²) in [5.41, 5.74) is 5.50. The molecule has 0 aliphatic heterocycles. The Balaban J connectivity index is 2.65. The maximum absolute atomic E-state index is 5.75. The van der Waals surface area contributed by atoms with Gasteiger partial charge in [-0.2, -0.15) is 0 Å². The number of anilines is 2. The van der Waals surface area contributed by atoms with Gasteiger partial charge < -0.3 is 20.5 Å². The lowest BCUT2D eigenvalue weighted by atomic mass is 10.1. The molecule has 0 aliphatic rings. The van der Waals surface area contributed by atoms with Gasteiger partial charge in [0.15, 0.2) is 5.82 Å². The van der Waals surface area contributed by atoms with Crippen LogP contribution >= 0.6 is 0 Å². The van der Waals surface area contributed by atoms with Gasteiger partial charge in [-0.25, -0.2) is 9.97 Å². The van der Waals surface area contributed by atoms with Gasteiger partial charge in [-0.05, 0) is 27.7 Å². The second-order valence-electron chi connectivity index (χ2n) is 4.78. The zero-order chi connectivity index (χ0) is 14.3. The summed E-state index contributed by atoms with van der Waals surface area (Å²) in [6, 6.07) is 1.71. The third kappa shape index (κ3) is 5.85. The third-order valence-electron chi connectivity index (χ3n) is 2.46. The van der Waals surface area contributed by atoms with Crippen molar-refractivity contribution in [1.29, 1.82) is 0 Å². The van der Waals surface area contributed by atoms with Crippen molar-refractivity contribution >= 4 is 11.6 Å². The fourth-order valence-electron chi connectivity index (χ4n) is 1.61. The molecule has 6 nitrogen and oxygen atoms in total. The van der Waals surface area contributed by atoms with Gasteiger partial charge in [-0.15, -0.1) is 0 Å². The predicted molar refractivity (Wildman–Crippen MR) is 76.0 cm³/mol. The number of rotatable bonds is 8. The molecule has 108 valence electrons. The third-order valence-corrected chi connectivity index (χ3v) is 2.46. The molecule has 1 rings (SSSR count). The Morgan fingerprint density at radius 1 is 1.26 bits per heavy atom. The van der Waals surface area contributed by atoms with Crippen LogP contribution in [0.1, 0.15) is 33.5 Å². The van der Waals surface area contributed by atoms with Gasteiger partial charge in [0, 0.05) is 25.8 Å². The van der Waals surface area contributed by atoms with Gasteiger partial charge in [0.2, 0.25) is 0 Å². The van der Waals surface area contributed by atoms with E-state index in [1.165, 1.54) is 0 Å². The van der Waals surface area contributed by atoms with Gasteiger partial charge >= 0.3 is 0 Å². The van der Waals surface area contributed by atoms with Crippen LogP contribution in [0.2, 0.25) is 0 Å². The molecule has 0 radical (unpaired) electrons. The summed E-state index contributed by atoms with van der Waals surface area (Å²) in [7, 11) is 0. The molecule has 0 spiro atoms. The van der Waals surface area contributed by atoms with Crippen molar-refractivity contribution in [3.05, 3.63) is 11.9 Å². The van der Waals surface area contributed by atoms with E-state index in [2.05, 4.69) is 15.3 Å². The molecular formula is C13H24N4O2. The van der Waals surface area contributed by atoms with Crippen molar-refractivity contribution in [3.8, 4) is 0 Å². The number of aromatic nitrogens is 2. The van der Waals surface area contributed by atoms with Crippen molar-refractivity contribution in [2.24, 2.45) is 0 Å². The summed E-state index contributed by atoms with van der Waals surface area (Å²) in [5.74, 6) is 1.70. The average Bonchev–Trinajstić information content (AvgIpc) is 2.33. The van der Waals surface area contributed by atoms with Crippen LogP contribution in [0, 0.1) is 0 Å². The molecule has 19 heavy (non-hydrogen) atoms. The zero-order valence-corrected chi connectivity index (χ0v) is 12.2. The minimum Gasteiger partial charge on any atom is -0.384 e. The van der Waals surface area contributed by atoms with E-state index in [0.29, 0.717) is 43.8 Å². The van der Waals surface area contributed by atoms with E-state index in [9.17, 15) is 0 Å². The lowest BCUT2D eigenvalue weighted by Crippen LogP contribution is -2.33. The first-order chi connectivity index (χ1) is 8.96. The first-order valence-corrected chi connectivity index (χ1v) is 6.56. The fraction of sp³-hybridized carbons (Fsp3) is 0.692. The lowest BCUT2D eigenvalue weighted by Gasteiger charge is -2.25. The lowest BCUT2D eigenvalue weighted by molar-refractivity contribution is 0.000634. The molecule has 0 atom stereocenters. The fourth-order valence-corrected chi connectivity index (χ4v) is 1.61. The molecule has 0 aliphatic carbocycles. The molecule has 6 heteroatoms. The smallest absolute Gasteiger partial charge is 0.158 e. The summed E-state index contributed by atoms with van der Waals surface area (Å²) in [5, 5.41) is 3.22. The summed E-state index contributed by atoms with van der Waals surface area (Å²) in [6.07, 6.45) is 0. The number of nitrogens with two attached hydrogens (primary N) is 1. The van der Waals surface area contributed by atoms with Gasteiger partial charge in [0.25, 0.3) is 0 Å². The highest BCUT2D eigenvalue weighted by Crippen LogP contribution is 2.13. The summed E-state index contributed by atoms with van der Waals surface area (Å²) in [6.45, 7) is 10.3. The van der Waals surface area contributed by atoms with Crippen molar-refractivity contribution in [1.82, 2.24) is 9.97 Å². The molecule has 0 amide bonds. The number of hydrogen-bond donors (Lipinski definition) is 2. The molecule has 0 aromatic carbocycles. The molecule has 1 heterocycles. The van der Waals surface area contributed by atoms with E-state index in [1.807, 2.05) is 27.7 Å². The van der Waals surface area contributed by atoms with Crippen LogP contribution in [-0.2, 0) is 16.1 Å². The maximum atomic E-state index is 5.75. The minimum atomic E-state index is -0.255. The van der Waals surface area contributed by atoms with Crippen molar-refractivity contribution in [2.45, 2.75) is 39.9 Å². The summed E-state index contributed by atoms with van der Waals surface area (Å²) in [4.78, 5) is 8.47. The van der Waals surface area contributed by atoms with E-state index < -0.39 is 0 Å². The van der Waals surface area contributed by atoms with Crippen LogP contribution in [0.4, 0.5) is 11.6 Å². The zero-order valence-electron chi connectivity index (χ0n) is 12.2. The Morgan fingerprint density at radius 3 is 2.63 bits per heavy atom. The molecule has 0 saturated heterocycles. The number of nitrogens with one attached hydrogen (secondary N) is 1. The molecule has 3 N–H and O–H groups in total. The van der Waals surface area contributed by atoms with Gasteiger partial charge in [-0.1, -0.05) is 0 Å². The van der Waals surface area contributed by atoms with E-state index in [4.69, 9.17) is 15.2 Å². The highest BCUT2D eigenvalue weighted by molar-refractivity contribution is 5.44.